The second kappa shape index (κ2) is 8.09. The largest absolute Gasteiger partial charge is 0.507 e. The predicted octanol–water partition coefficient (Wildman–Crippen LogP) is 2.56. The molecule has 0 saturated heterocycles. The number of halogens is 1. The molecule has 0 radical (unpaired) electrons. The highest BCUT2D eigenvalue weighted by molar-refractivity contribution is 6.07. The lowest BCUT2D eigenvalue weighted by atomic mass is 10.0. The zero-order valence-electron chi connectivity index (χ0n) is 14.1. The first-order chi connectivity index (χ1) is 13.0. The number of nitrogens with one attached hydrogen (secondary N) is 2. The standard InChI is InChI=1S/C20H16FN3O3/c21-15-9-8-14(18(25)10-15)11-23-24-19(26)12-22-20(27)17-7-3-5-13-4-1-2-6-16(13)17/h1-11,25H,12H2,(H,22,27)(H,24,26)/b23-11+. The Hall–Kier alpha value is -3.74. The average molecular weight is 365 g/mol. The molecule has 2 amide bonds. The number of aromatic hydroxyl groups is 1. The lowest BCUT2D eigenvalue weighted by Gasteiger charge is -2.07. The van der Waals surface area contributed by atoms with Crippen LogP contribution in [-0.2, 0) is 4.79 Å². The maximum absolute atomic E-state index is 12.9. The zero-order chi connectivity index (χ0) is 19.2. The molecule has 0 aliphatic rings. The first kappa shape index (κ1) is 18.1. The van der Waals surface area contributed by atoms with E-state index in [1.54, 1.807) is 12.1 Å². The van der Waals surface area contributed by atoms with Crippen LogP contribution in [0.15, 0.2) is 65.8 Å². The first-order valence-electron chi connectivity index (χ1n) is 8.11. The van der Waals surface area contributed by atoms with Gasteiger partial charge in [-0.15, -0.1) is 0 Å². The number of nitrogens with zero attached hydrogens (tertiary/aromatic N) is 1. The summed E-state index contributed by atoms with van der Waals surface area (Å²) in [6, 6.07) is 16.2. The molecule has 3 N–H and O–H groups in total. The Morgan fingerprint density at radius 2 is 1.85 bits per heavy atom. The second-order valence-corrected chi connectivity index (χ2v) is 5.71. The van der Waals surface area contributed by atoms with Crippen LogP contribution in [0.4, 0.5) is 4.39 Å². The number of rotatable bonds is 5. The highest BCUT2D eigenvalue weighted by atomic mass is 19.1. The minimum atomic E-state index is -0.579. The third-order valence-corrected chi connectivity index (χ3v) is 3.83. The van der Waals surface area contributed by atoms with Crippen LogP contribution in [-0.4, -0.2) is 29.7 Å². The van der Waals surface area contributed by atoms with Gasteiger partial charge in [0.1, 0.15) is 11.6 Å². The van der Waals surface area contributed by atoms with E-state index in [4.69, 9.17) is 0 Å². The number of phenolic OH excluding ortho intramolecular Hbond substituents is 1. The maximum atomic E-state index is 12.9. The van der Waals surface area contributed by atoms with Crippen molar-refractivity contribution in [1.82, 2.24) is 10.7 Å². The number of amides is 2. The average Bonchev–Trinajstić information content (AvgIpc) is 2.67. The van der Waals surface area contributed by atoms with Gasteiger partial charge in [-0.2, -0.15) is 5.10 Å². The van der Waals surface area contributed by atoms with Crippen molar-refractivity contribution in [3.05, 3.63) is 77.6 Å². The monoisotopic (exact) mass is 365 g/mol. The quantitative estimate of drug-likeness (QED) is 0.479. The van der Waals surface area contributed by atoms with Crippen molar-refractivity contribution in [2.45, 2.75) is 0 Å². The minimum absolute atomic E-state index is 0.247. The van der Waals surface area contributed by atoms with Crippen LogP contribution in [0.5, 0.6) is 5.75 Å². The van der Waals surface area contributed by atoms with Crippen LogP contribution >= 0.6 is 0 Å². The summed E-state index contributed by atoms with van der Waals surface area (Å²) in [6.07, 6.45) is 1.18. The highest BCUT2D eigenvalue weighted by Gasteiger charge is 2.10. The van der Waals surface area contributed by atoms with E-state index in [1.807, 2.05) is 30.3 Å². The van der Waals surface area contributed by atoms with E-state index in [0.717, 1.165) is 22.9 Å². The Labute approximate surface area is 154 Å². The number of hydrogen-bond acceptors (Lipinski definition) is 4. The molecule has 0 aromatic heterocycles. The molecule has 0 fully saturated rings. The molecule has 0 spiro atoms. The van der Waals surface area contributed by atoms with E-state index in [1.165, 1.54) is 12.3 Å². The molecule has 0 aliphatic heterocycles. The molecule has 0 heterocycles. The molecule has 0 saturated carbocycles. The molecule has 3 aromatic rings. The van der Waals surface area contributed by atoms with E-state index in [9.17, 15) is 19.1 Å². The van der Waals surface area contributed by atoms with E-state index >= 15 is 0 Å². The molecule has 27 heavy (non-hydrogen) atoms. The fraction of sp³-hybridized carbons (Fsp3) is 0.0500. The van der Waals surface area contributed by atoms with Gasteiger partial charge in [0.25, 0.3) is 11.8 Å². The topological polar surface area (TPSA) is 90.8 Å². The number of carbonyl (C=O) groups is 2. The highest BCUT2D eigenvalue weighted by Crippen LogP contribution is 2.18. The Bertz CT molecular complexity index is 1030. The summed E-state index contributed by atoms with van der Waals surface area (Å²) in [4.78, 5) is 24.1. The summed E-state index contributed by atoms with van der Waals surface area (Å²) in [6.45, 7) is -0.269. The van der Waals surface area contributed by atoms with Crippen molar-refractivity contribution >= 4 is 28.8 Å². The summed E-state index contributed by atoms with van der Waals surface area (Å²) in [7, 11) is 0. The number of hydrazone groups is 1. The van der Waals surface area contributed by atoms with Gasteiger partial charge in [-0.3, -0.25) is 9.59 Å². The van der Waals surface area contributed by atoms with Crippen molar-refractivity contribution in [2.24, 2.45) is 5.10 Å². The van der Waals surface area contributed by atoms with Gasteiger partial charge in [0, 0.05) is 17.2 Å². The SMILES string of the molecule is O=C(CNC(=O)c1cccc2ccccc12)N/N=C/c1ccc(F)cc1O. The van der Waals surface area contributed by atoms with Crippen LogP contribution in [0, 0.1) is 5.82 Å². The second-order valence-electron chi connectivity index (χ2n) is 5.71. The molecular formula is C20H16FN3O3. The molecule has 0 unspecified atom stereocenters. The lowest BCUT2D eigenvalue weighted by molar-refractivity contribution is -0.120. The summed E-state index contributed by atoms with van der Waals surface area (Å²) in [5.74, 6) is -1.79. The zero-order valence-corrected chi connectivity index (χ0v) is 14.1. The van der Waals surface area contributed by atoms with Crippen molar-refractivity contribution in [3.8, 4) is 5.75 Å². The van der Waals surface area contributed by atoms with Gasteiger partial charge in [-0.1, -0.05) is 36.4 Å². The van der Waals surface area contributed by atoms with Crippen molar-refractivity contribution in [3.63, 3.8) is 0 Å². The van der Waals surface area contributed by atoms with Crippen LogP contribution in [0.2, 0.25) is 0 Å². The molecule has 0 atom stereocenters. The predicted molar refractivity (Wildman–Crippen MR) is 100 cm³/mol. The summed E-state index contributed by atoms with van der Waals surface area (Å²) in [5.41, 5.74) is 2.95. The number of hydrogen-bond donors (Lipinski definition) is 3. The number of phenols is 1. The lowest BCUT2D eigenvalue weighted by Crippen LogP contribution is -2.35. The van der Waals surface area contributed by atoms with Gasteiger partial charge in [0.15, 0.2) is 0 Å². The van der Waals surface area contributed by atoms with Crippen LogP contribution < -0.4 is 10.7 Å². The smallest absolute Gasteiger partial charge is 0.259 e. The summed E-state index contributed by atoms with van der Waals surface area (Å²) in [5, 5.41) is 17.5. The molecule has 0 bridgehead atoms. The molecule has 136 valence electrons. The maximum Gasteiger partial charge on any atom is 0.259 e. The van der Waals surface area contributed by atoms with E-state index < -0.39 is 11.7 Å². The van der Waals surface area contributed by atoms with E-state index in [-0.39, 0.29) is 23.8 Å². The molecular weight excluding hydrogens is 349 g/mol. The van der Waals surface area contributed by atoms with Gasteiger partial charge in [-0.25, -0.2) is 9.82 Å². The Balaban J connectivity index is 1.57. The molecule has 0 aliphatic carbocycles. The van der Waals surface area contributed by atoms with Crippen molar-refractivity contribution < 1.29 is 19.1 Å². The van der Waals surface area contributed by atoms with Gasteiger partial charge in [-0.05, 0) is 29.0 Å². The molecule has 7 heteroatoms. The molecule has 3 aromatic carbocycles. The first-order valence-corrected chi connectivity index (χ1v) is 8.11. The number of benzene rings is 3. The van der Waals surface area contributed by atoms with E-state index in [2.05, 4.69) is 15.8 Å². The Morgan fingerprint density at radius 1 is 1.07 bits per heavy atom. The Morgan fingerprint density at radius 3 is 2.67 bits per heavy atom. The van der Waals surface area contributed by atoms with Gasteiger partial charge in [0.2, 0.25) is 0 Å². The minimum Gasteiger partial charge on any atom is -0.507 e. The Kier molecular flexibility index (Phi) is 5.41. The summed E-state index contributed by atoms with van der Waals surface area (Å²) >= 11 is 0. The van der Waals surface area contributed by atoms with Crippen LogP contribution in [0.1, 0.15) is 15.9 Å². The molecule has 6 nitrogen and oxygen atoms in total. The van der Waals surface area contributed by atoms with E-state index in [0.29, 0.717) is 5.56 Å². The fourth-order valence-electron chi connectivity index (χ4n) is 2.52. The van der Waals surface area contributed by atoms with Gasteiger partial charge >= 0.3 is 0 Å². The van der Waals surface area contributed by atoms with Crippen molar-refractivity contribution in [1.29, 1.82) is 0 Å². The van der Waals surface area contributed by atoms with Gasteiger partial charge < -0.3 is 10.4 Å². The van der Waals surface area contributed by atoms with Crippen LogP contribution in [0.3, 0.4) is 0 Å². The number of carbonyl (C=O) groups excluding carboxylic acids is 2. The van der Waals surface area contributed by atoms with Gasteiger partial charge in [0.05, 0.1) is 12.8 Å². The normalized spacial score (nSPS) is 10.9. The third kappa shape index (κ3) is 4.46. The number of fused-ring (bicyclic) bond motifs is 1. The fourth-order valence-corrected chi connectivity index (χ4v) is 2.52. The molecule has 3 rings (SSSR count). The van der Waals surface area contributed by atoms with Crippen molar-refractivity contribution in [2.75, 3.05) is 6.54 Å². The summed E-state index contributed by atoms with van der Waals surface area (Å²) < 4.78 is 12.9. The third-order valence-electron chi connectivity index (χ3n) is 3.83. The van der Waals surface area contributed by atoms with Crippen LogP contribution in [0.25, 0.3) is 10.8 Å².